The molecule has 0 saturated heterocycles. The van der Waals surface area contributed by atoms with Crippen LogP contribution in [-0.2, 0) is 4.79 Å². The van der Waals surface area contributed by atoms with E-state index in [1.54, 1.807) is 17.4 Å². The normalized spacial score (nSPS) is 10.6. The summed E-state index contributed by atoms with van der Waals surface area (Å²) < 4.78 is 0. The van der Waals surface area contributed by atoms with Crippen LogP contribution in [0.1, 0.15) is 16.0 Å². The number of benzene rings is 1. The number of thiophene rings is 1. The summed E-state index contributed by atoms with van der Waals surface area (Å²) >= 11 is 6.70. The van der Waals surface area contributed by atoms with Crippen LogP contribution in [0.25, 0.3) is 6.08 Å². The predicted molar refractivity (Wildman–Crippen MR) is 93.6 cm³/mol. The van der Waals surface area contributed by atoms with Gasteiger partial charge in [0.2, 0.25) is 5.91 Å². The van der Waals surface area contributed by atoms with Crippen molar-refractivity contribution in [3.63, 3.8) is 0 Å². The molecular formula is C16H16N2OS2. The first-order valence-corrected chi connectivity index (χ1v) is 7.74. The van der Waals surface area contributed by atoms with Crippen molar-refractivity contribution >= 4 is 46.3 Å². The molecule has 1 aromatic carbocycles. The lowest BCUT2D eigenvalue weighted by molar-refractivity contribution is -0.115. The van der Waals surface area contributed by atoms with Gasteiger partial charge in [-0.15, -0.1) is 11.3 Å². The Morgan fingerprint density at radius 1 is 1.24 bits per heavy atom. The van der Waals surface area contributed by atoms with Crippen LogP contribution in [-0.4, -0.2) is 11.0 Å². The number of nitrogens with one attached hydrogen (secondary N) is 2. The molecule has 0 spiro atoms. The largest absolute Gasteiger partial charge is 0.332 e. The zero-order valence-electron chi connectivity index (χ0n) is 11.8. The summed E-state index contributed by atoms with van der Waals surface area (Å²) in [6.07, 6.45) is 3.23. The SMILES string of the molecule is Cc1ccc(NC(=S)NC(=O)C=Cc2cccs2)cc1C. The Morgan fingerprint density at radius 3 is 2.71 bits per heavy atom. The van der Waals surface area contributed by atoms with Crippen LogP contribution in [0.5, 0.6) is 0 Å². The summed E-state index contributed by atoms with van der Waals surface area (Å²) in [4.78, 5) is 12.8. The van der Waals surface area contributed by atoms with Gasteiger partial charge in [-0.3, -0.25) is 10.1 Å². The molecule has 3 nitrogen and oxygen atoms in total. The molecule has 2 N–H and O–H groups in total. The van der Waals surface area contributed by atoms with Crippen molar-refractivity contribution in [2.75, 3.05) is 5.32 Å². The number of amides is 1. The molecule has 0 aliphatic rings. The summed E-state index contributed by atoms with van der Waals surface area (Å²) in [7, 11) is 0. The lowest BCUT2D eigenvalue weighted by atomic mass is 10.1. The number of anilines is 1. The number of hydrogen-bond donors (Lipinski definition) is 2. The van der Waals surface area contributed by atoms with Crippen molar-refractivity contribution in [3.8, 4) is 0 Å². The number of carbonyl (C=O) groups is 1. The van der Waals surface area contributed by atoms with Crippen molar-refractivity contribution in [2.45, 2.75) is 13.8 Å². The predicted octanol–water partition coefficient (Wildman–Crippen LogP) is 3.89. The molecule has 0 unspecified atom stereocenters. The molecule has 5 heteroatoms. The van der Waals surface area contributed by atoms with Gasteiger partial charge in [-0.2, -0.15) is 0 Å². The van der Waals surface area contributed by atoms with Crippen molar-refractivity contribution in [2.24, 2.45) is 0 Å². The van der Waals surface area contributed by atoms with Gasteiger partial charge in [0.05, 0.1) is 0 Å². The van der Waals surface area contributed by atoms with Gasteiger partial charge in [-0.25, -0.2) is 0 Å². The van der Waals surface area contributed by atoms with Crippen molar-refractivity contribution in [3.05, 3.63) is 57.8 Å². The minimum atomic E-state index is -0.246. The number of aryl methyl sites for hydroxylation is 2. The zero-order valence-corrected chi connectivity index (χ0v) is 13.5. The Kier molecular flexibility index (Phi) is 5.25. The van der Waals surface area contributed by atoms with Crippen molar-refractivity contribution < 1.29 is 4.79 Å². The van der Waals surface area contributed by atoms with Gasteiger partial charge >= 0.3 is 0 Å². The first kappa shape index (κ1) is 15.4. The fraction of sp³-hybridized carbons (Fsp3) is 0.125. The number of thiocarbonyl (C=S) groups is 1. The third kappa shape index (κ3) is 4.81. The molecule has 0 aliphatic carbocycles. The molecule has 1 aromatic heterocycles. The standard InChI is InChI=1S/C16H16N2OS2/c1-11-5-6-13(10-12(11)2)17-16(20)18-15(19)8-7-14-4-3-9-21-14/h3-10H,1-2H3,(H2,17,18,19,20). The van der Waals surface area contributed by atoms with E-state index in [1.165, 1.54) is 17.2 Å². The van der Waals surface area contributed by atoms with E-state index in [2.05, 4.69) is 17.6 Å². The number of rotatable bonds is 3. The molecule has 1 heterocycles. The van der Waals surface area contributed by atoms with Gasteiger partial charge in [0.15, 0.2) is 5.11 Å². The maximum atomic E-state index is 11.7. The first-order chi connectivity index (χ1) is 10.0. The van der Waals surface area contributed by atoms with E-state index in [0.717, 1.165) is 10.6 Å². The fourth-order valence-corrected chi connectivity index (χ4v) is 2.52. The van der Waals surface area contributed by atoms with E-state index >= 15 is 0 Å². The van der Waals surface area contributed by atoms with Gasteiger partial charge in [0.25, 0.3) is 0 Å². The molecule has 0 bridgehead atoms. The van der Waals surface area contributed by atoms with E-state index in [9.17, 15) is 4.79 Å². The molecule has 0 radical (unpaired) electrons. The highest BCUT2D eigenvalue weighted by Crippen LogP contribution is 2.14. The molecule has 2 rings (SSSR count). The van der Waals surface area contributed by atoms with E-state index in [-0.39, 0.29) is 5.91 Å². The topological polar surface area (TPSA) is 41.1 Å². The van der Waals surface area contributed by atoms with E-state index in [1.807, 2.05) is 42.6 Å². The van der Waals surface area contributed by atoms with Gasteiger partial charge in [0, 0.05) is 16.6 Å². The van der Waals surface area contributed by atoms with Crippen LogP contribution in [0.3, 0.4) is 0 Å². The molecule has 1 amide bonds. The fourth-order valence-electron chi connectivity index (χ4n) is 1.68. The summed E-state index contributed by atoms with van der Waals surface area (Å²) in [6, 6.07) is 9.82. The summed E-state index contributed by atoms with van der Waals surface area (Å²) in [6.45, 7) is 4.08. The van der Waals surface area contributed by atoms with Gasteiger partial charge in [-0.05, 0) is 66.8 Å². The van der Waals surface area contributed by atoms with E-state index in [0.29, 0.717) is 5.11 Å². The van der Waals surface area contributed by atoms with Crippen LogP contribution in [0, 0.1) is 13.8 Å². The van der Waals surface area contributed by atoms with Gasteiger partial charge in [0.1, 0.15) is 0 Å². The van der Waals surface area contributed by atoms with Gasteiger partial charge in [-0.1, -0.05) is 12.1 Å². The Balaban J connectivity index is 1.89. The smallest absolute Gasteiger partial charge is 0.250 e. The summed E-state index contributed by atoms with van der Waals surface area (Å²) in [5.41, 5.74) is 3.26. The summed E-state index contributed by atoms with van der Waals surface area (Å²) in [5.74, 6) is -0.246. The van der Waals surface area contributed by atoms with E-state index in [4.69, 9.17) is 12.2 Å². The molecule has 21 heavy (non-hydrogen) atoms. The molecule has 0 atom stereocenters. The highest BCUT2D eigenvalue weighted by Gasteiger charge is 2.02. The van der Waals surface area contributed by atoms with E-state index < -0.39 is 0 Å². The maximum absolute atomic E-state index is 11.7. The first-order valence-electron chi connectivity index (χ1n) is 6.45. The number of hydrogen-bond acceptors (Lipinski definition) is 3. The van der Waals surface area contributed by atoms with Crippen LogP contribution in [0.2, 0.25) is 0 Å². The minimum Gasteiger partial charge on any atom is -0.332 e. The lowest BCUT2D eigenvalue weighted by Crippen LogP contribution is -2.32. The molecule has 2 aromatic rings. The van der Waals surface area contributed by atoms with Crippen LogP contribution in [0.4, 0.5) is 5.69 Å². The molecular weight excluding hydrogens is 300 g/mol. The minimum absolute atomic E-state index is 0.246. The van der Waals surface area contributed by atoms with Crippen molar-refractivity contribution in [1.29, 1.82) is 0 Å². The summed E-state index contributed by atoms with van der Waals surface area (Å²) in [5, 5.41) is 7.88. The third-order valence-corrected chi connectivity index (χ3v) is 3.99. The zero-order chi connectivity index (χ0) is 15.2. The highest BCUT2D eigenvalue weighted by molar-refractivity contribution is 7.80. The Morgan fingerprint density at radius 2 is 2.05 bits per heavy atom. The Labute approximate surface area is 133 Å². The molecule has 0 aliphatic heterocycles. The molecule has 0 fully saturated rings. The average Bonchev–Trinajstić information content (AvgIpc) is 2.94. The van der Waals surface area contributed by atoms with Crippen LogP contribution >= 0.6 is 23.6 Å². The second-order valence-corrected chi connectivity index (χ2v) is 5.98. The monoisotopic (exact) mass is 316 g/mol. The second kappa shape index (κ2) is 7.15. The second-order valence-electron chi connectivity index (χ2n) is 4.59. The lowest BCUT2D eigenvalue weighted by Gasteiger charge is -2.09. The van der Waals surface area contributed by atoms with Crippen LogP contribution < -0.4 is 10.6 Å². The Bertz CT molecular complexity index is 676. The average molecular weight is 316 g/mol. The third-order valence-electron chi connectivity index (χ3n) is 2.94. The van der Waals surface area contributed by atoms with Crippen LogP contribution in [0.15, 0.2) is 41.8 Å². The number of carbonyl (C=O) groups excluding carboxylic acids is 1. The quantitative estimate of drug-likeness (QED) is 0.667. The molecule has 108 valence electrons. The van der Waals surface area contributed by atoms with Crippen molar-refractivity contribution in [1.82, 2.24) is 5.32 Å². The molecule has 0 saturated carbocycles. The maximum Gasteiger partial charge on any atom is 0.250 e. The Hall–Kier alpha value is -1.98. The van der Waals surface area contributed by atoms with Gasteiger partial charge < -0.3 is 5.32 Å². The highest BCUT2D eigenvalue weighted by atomic mass is 32.1.